The summed E-state index contributed by atoms with van der Waals surface area (Å²) in [6, 6.07) is 0.244. The topological polar surface area (TPSA) is 56.2 Å². The molecule has 5 nitrogen and oxygen atoms in total. The van der Waals surface area contributed by atoms with Crippen LogP contribution in [-0.2, 0) is 23.0 Å². The number of ether oxygens (including phenoxy) is 1. The molecule has 0 radical (unpaired) electrons. The van der Waals surface area contributed by atoms with E-state index >= 15 is 0 Å². The highest BCUT2D eigenvalue weighted by Crippen LogP contribution is 2.21. The van der Waals surface area contributed by atoms with Crippen molar-refractivity contribution in [2.24, 2.45) is 18.9 Å². The molecule has 2 heterocycles. The van der Waals surface area contributed by atoms with E-state index in [1.807, 2.05) is 25.6 Å². The van der Waals surface area contributed by atoms with E-state index in [0.717, 1.165) is 43.7 Å². The molecule has 1 aromatic heterocycles. The van der Waals surface area contributed by atoms with Crippen LogP contribution in [-0.4, -0.2) is 34.4 Å². The third-order valence-corrected chi connectivity index (χ3v) is 5.06. The number of hydrogen-bond acceptors (Lipinski definition) is 3. The Bertz CT molecular complexity index is 565. The minimum Gasteiger partial charge on any atom is -0.378 e. The molecular weight excluding hydrogens is 302 g/mol. The Kier molecular flexibility index (Phi) is 6.44. The number of aryl methyl sites for hydroxylation is 2. The van der Waals surface area contributed by atoms with Gasteiger partial charge in [-0.25, -0.2) is 0 Å². The molecule has 1 aliphatic rings. The van der Waals surface area contributed by atoms with Gasteiger partial charge in [0.2, 0.25) is 5.91 Å². The van der Waals surface area contributed by atoms with E-state index in [-0.39, 0.29) is 24.0 Å². The van der Waals surface area contributed by atoms with Crippen LogP contribution in [0, 0.1) is 25.7 Å². The number of aromatic nitrogens is 2. The number of nitrogens with zero attached hydrogens (tertiary/aromatic N) is 2. The van der Waals surface area contributed by atoms with Gasteiger partial charge in [-0.1, -0.05) is 20.8 Å². The summed E-state index contributed by atoms with van der Waals surface area (Å²) in [5.41, 5.74) is 3.37. The van der Waals surface area contributed by atoms with Crippen LogP contribution >= 0.6 is 0 Å². The summed E-state index contributed by atoms with van der Waals surface area (Å²) >= 11 is 0. The van der Waals surface area contributed by atoms with Gasteiger partial charge >= 0.3 is 0 Å². The summed E-state index contributed by atoms with van der Waals surface area (Å²) < 4.78 is 7.72. The lowest BCUT2D eigenvalue weighted by molar-refractivity contribution is -0.126. The van der Waals surface area contributed by atoms with Gasteiger partial charge in [-0.2, -0.15) is 5.10 Å². The smallest absolute Gasteiger partial charge is 0.223 e. The van der Waals surface area contributed by atoms with Gasteiger partial charge in [0, 0.05) is 31.3 Å². The molecule has 0 spiro atoms. The fourth-order valence-electron chi connectivity index (χ4n) is 3.56. The van der Waals surface area contributed by atoms with E-state index in [9.17, 15) is 4.79 Å². The van der Waals surface area contributed by atoms with Crippen LogP contribution in [0.3, 0.4) is 0 Å². The average Bonchev–Trinajstić information content (AvgIpc) is 2.73. The van der Waals surface area contributed by atoms with E-state index in [1.54, 1.807) is 0 Å². The SMILES string of the molecule is Cc1nn(C)c(C)c1C[C@H](C)C(=O)N[C@@H]1CCO[C@H](CC(C)C)C1. The second kappa shape index (κ2) is 8.15. The van der Waals surface area contributed by atoms with Crippen molar-refractivity contribution in [1.82, 2.24) is 15.1 Å². The zero-order valence-corrected chi connectivity index (χ0v) is 16.1. The van der Waals surface area contributed by atoms with Crippen LogP contribution in [0.15, 0.2) is 0 Å². The lowest BCUT2D eigenvalue weighted by Crippen LogP contribution is -2.44. The van der Waals surface area contributed by atoms with Gasteiger partial charge < -0.3 is 10.1 Å². The van der Waals surface area contributed by atoms with Crippen molar-refractivity contribution in [3.05, 3.63) is 17.0 Å². The summed E-state index contributed by atoms with van der Waals surface area (Å²) in [7, 11) is 1.95. The lowest BCUT2D eigenvalue weighted by atomic mass is 9.94. The first kappa shape index (κ1) is 19.0. The number of hydrogen-bond donors (Lipinski definition) is 1. The largest absolute Gasteiger partial charge is 0.378 e. The fourth-order valence-corrected chi connectivity index (χ4v) is 3.56. The highest BCUT2D eigenvalue weighted by molar-refractivity contribution is 5.79. The van der Waals surface area contributed by atoms with Gasteiger partial charge in [0.1, 0.15) is 0 Å². The number of carbonyl (C=O) groups excluding carboxylic acids is 1. The number of carbonyl (C=O) groups is 1. The Morgan fingerprint density at radius 3 is 2.67 bits per heavy atom. The molecular formula is C19H33N3O2. The maximum Gasteiger partial charge on any atom is 0.223 e. The first-order chi connectivity index (χ1) is 11.3. The fraction of sp³-hybridized carbons (Fsp3) is 0.789. The van der Waals surface area contributed by atoms with Crippen molar-refractivity contribution in [3.8, 4) is 0 Å². The third kappa shape index (κ3) is 4.82. The van der Waals surface area contributed by atoms with Crippen molar-refractivity contribution in [3.63, 3.8) is 0 Å². The lowest BCUT2D eigenvalue weighted by Gasteiger charge is -2.31. The molecule has 1 aliphatic heterocycles. The molecule has 1 N–H and O–H groups in total. The van der Waals surface area contributed by atoms with Crippen LogP contribution in [0.1, 0.15) is 57.0 Å². The van der Waals surface area contributed by atoms with Gasteiger partial charge in [0.15, 0.2) is 0 Å². The standard InChI is InChI=1S/C19H33N3O2/c1-12(2)9-17-11-16(7-8-24-17)20-19(23)13(3)10-18-14(4)21-22(6)15(18)5/h12-13,16-17H,7-11H2,1-6H3,(H,20,23)/t13-,16+,17+/m0/s1. The van der Waals surface area contributed by atoms with Crippen LogP contribution < -0.4 is 5.32 Å². The second-order valence-electron chi connectivity index (χ2n) is 7.73. The Labute approximate surface area is 146 Å². The van der Waals surface area contributed by atoms with Crippen molar-refractivity contribution in [1.29, 1.82) is 0 Å². The Balaban J connectivity index is 1.89. The highest BCUT2D eigenvalue weighted by Gasteiger charge is 2.26. The summed E-state index contributed by atoms with van der Waals surface area (Å²) in [6.07, 6.45) is 3.94. The van der Waals surface area contributed by atoms with Crippen LogP contribution in [0.2, 0.25) is 0 Å². The quantitative estimate of drug-likeness (QED) is 0.869. The summed E-state index contributed by atoms with van der Waals surface area (Å²) in [5, 5.41) is 7.69. The second-order valence-corrected chi connectivity index (χ2v) is 7.73. The van der Waals surface area contributed by atoms with Gasteiger partial charge in [0.25, 0.3) is 0 Å². The maximum atomic E-state index is 12.6. The molecule has 1 saturated heterocycles. The molecule has 0 aromatic carbocycles. The molecule has 1 fully saturated rings. The molecule has 0 saturated carbocycles. The molecule has 1 aromatic rings. The molecule has 0 aliphatic carbocycles. The van der Waals surface area contributed by atoms with Gasteiger partial charge in [-0.05, 0) is 51.0 Å². The molecule has 136 valence electrons. The van der Waals surface area contributed by atoms with Gasteiger partial charge in [-0.15, -0.1) is 0 Å². The van der Waals surface area contributed by atoms with Crippen LogP contribution in [0.25, 0.3) is 0 Å². The van der Waals surface area contributed by atoms with E-state index < -0.39 is 0 Å². The molecule has 0 bridgehead atoms. The number of nitrogens with one attached hydrogen (secondary N) is 1. The average molecular weight is 335 g/mol. The number of rotatable bonds is 6. The van der Waals surface area contributed by atoms with E-state index in [2.05, 4.69) is 31.2 Å². The minimum atomic E-state index is -0.0435. The van der Waals surface area contributed by atoms with Crippen molar-refractivity contribution in [2.75, 3.05) is 6.61 Å². The summed E-state index contributed by atoms with van der Waals surface area (Å²) in [4.78, 5) is 12.6. The molecule has 2 rings (SSSR count). The van der Waals surface area contributed by atoms with Crippen molar-refractivity contribution >= 4 is 5.91 Å². The monoisotopic (exact) mass is 335 g/mol. The maximum absolute atomic E-state index is 12.6. The minimum absolute atomic E-state index is 0.0435. The zero-order valence-electron chi connectivity index (χ0n) is 16.1. The predicted molar refractivity (Wildman–Crippen MR) is 95.9 cm³/mol. The Hall–Kier alpha value is -1.36. The molecule has 1 amide bonds. The van der Waals surface area contributed by atoms with Gasteiger partial charge in [-0.3, -0.25) is 9.48 Å². The molecule has 0 unspecified atom stereocenters. The first-order valence-electron chi connectivity index (χ1n) is 9.19. The summed E-state index contributed by atoms with van der Waals surface area (Å²) in [5.74, 6) is 0.728. The predicted octanol–water partition coefficient (Wildman–Crippen LogP) is 2.93. The van der Waals surface area contributed by atoms with E-state index in [4.69, 9.17) is 4.74 Å². The zero-order chi connectivity index (χ0) is 17.9. The van der Waals surface area contributed by atoms with Crippen LogP contribution in [0.5, 0.6) is 0 Å². The van der Waals surface area contributed by atoms with Crippen molar-refractivity contribution in [2.45, 2.75) is 72.4 Å². The first-order valence-corrected chi connectivity index (χ1v) is 9.19. The molecule has 3 atom stereocenters. The van der Waals surface area contributed by atoms with Crippen molar-refractivity contribution < 1.29 is 9.53 Å². The Morgan fingerprint density at radius 1 is 1.38 bits per heavy atom. The van der Waals surface area contributed by atoms with Gasteiger partial charge in [0.05, 0.1) is 11.8 Å². The molecule has 5 heteroatoms. The Morgan fingerprint density at radius 2 is 2.08 bits per heavy atom. The molecule has 24 heavy (non-hydrogen) atoms. The highest BCUT2D eigenvalue weighted by atomic mass is 16.5. The van der Waals surface area contributed by atoms with Crippen LogP contribution in [0.4, 0.5) is 0 Å². The summed E-state index contributed by atoms with van der Waals surface area (Å²) in [6.45, 7) is 11.3. The third-order valence-electron chi connectivity index (χ3n) is 5.06. The number of amides is 1. The van der Waals surface area contributed by atoms with E-state index in [1.165, 1.54) is 5.56 Å². The van der Waals surface area contributed by atoms with E-state index in [0.29, 0.717) is 5.92 Å². The normalized spacial score (nSPS) is 22.6.